The number of hydrogen-bond acceptors (Lipinski definition) is 2. The zero-order chi connectivity index (χ0) is 14.9. The van der Waals surface area contributed by atoms with E-state index in [1.807, 2.05) is 0 Å². The minimum absolute atomic E-state index is 0.0573. The van der Waals surface area contributed by atoms with Gasteiger partial charge in [-0.15, -0.1) is 0 Å². The van der Waals surface area contributed by atoms with Crippen molar-refractivity contribution in [2.75, 3.05) is 13.1 Å². The summed E-state index contributed by atoms with van der Waals surface area (Å²) < 4.78 is 56.1. The Bertz CT molecular complexity index is 498. The average molecular weight is 291 g/mol. The molecule has 1 amide bonds. The zero-order valence-corrected chi connectivity index (χ0v) is 10.7. The van der Waals surface area contributed by atoms with Gasteiger partial charge >= 0.3 is 6.18 Å². The number of halogens is 4. The number of rotatable bonds is 4. The van der Waals surface area contributed by atoms with E-state index in [4.69, 9.17) is 4.74 Å². The summed E-state index contributed by atoms with van der Waals surface area (Å²) in [4.78, 5) is 12.0. The Labute approximate surface area is 113 Å². The van der Waals surface area contributed by atoms with Crippen LogP contribution in [0.5, 0.6) is 5.75 Å². The van der Waals surface area contributed by atoms with E-state index in [-0.39, 0.29) is 17.8 Å². The smallest absolute Gasteiger partial charge is 0.416 e. The largest absolute Gasteiger partial charge is 0.487 e. The molecule has 1 heterocycles. The lowest BCUT2D eigenvalue weighted by Crippen LogP contribution is -2.51. The van der Waals surface area contributed by atoms with Crippen LogP contribution in [0, 0.1) is 11.7 Å². The van der Waals surface area contributed by atoms with Crippen LogP contribution in [0.2, 0.25) is 0 Å². The van der Waals surface area contributed by atoms with Gasteiger partial charge in [0, 0.05) is 19.0 Å². The van der Waals surface area contributed by atoms with Crippen LogP contribution in [-0.4, -0.2) is 30.5 Å². The van der Waals surface area contributed by atoms with E-state index in [2.05, 4.69) is 0 Å². The van der Waals surface area contributed by atoms with Crippen molar-refractivity contribution < 1.29 is 27.1 Å². The first-order valence-electron chi connectivity index (χ1n) is 6.04. The van der Waals surface area contributed by atoms with E-state index in [9.17, 15) is 22.4 Å². The van der Waals surface area contributed by atoms with Gasteiger partial charge in [0.15, 0.2) is 11.6 Å². The van der Waals surface area contributed by atoms with Crippen LogP contribution >= 0.6 is 0 Å². The minimum atomic E-state index is -4.58. The van der Waals surface area contributed by atoms with Crippen molar-refractivity contribution in [1.82, 2.24) is 4.90 Å². The first kappa shape index (κ1) is 14.6. The van der Waals surface area contributed by atoms with Gasteiger partial charge in [-0.25, -0.2) is 4.39 Å². The molecule has 3 nitrogen and oxygen atoms in total. The quantitative estimate of drug-likeness (QED) is 0.630. The fraction of sp³-hybridized carbons (Fsp3) is 0.462. The van der Waals surface area contributed by atoms with Gasteiger partial charge in [-0.05, 0) is 25.1 Å². The molecule has 1 saturated heterocycles. The van der Waals surface area contributed by atoms with Gasteiger partial charge in [-0.1, -0.05) is 0 Å². The second-order valence-electron chi connectivity index (χ2n) is 4.79. The number of carbonyl (C=O) groups is 1. The molecule has 7 heteroatoms. The molecule has 1 aliphatic heterocycles. The average Bonchev–Trinajstić information content (AvgIpc) is 2.29. The van der Waals surface area contributed by atoms with Crippen LogP contribution in [-0.2, 0) is 11.0 Å². The van der Waals surface area contributed by atoms with E-state index >= 15 is 0 Å². The second-order valence-corrected chi connectivity index (χ2v) is 4.79. The fourth-order valence-electron chi connectivity index (χ4n) is 2.00. The fourth-order valence-corrected chi connectivity index (χ4v) is 2.00. The molecule has 0 aliphatic carbocycles. The molecule has 0 radical (unpaired) electrons. The lowest BCUT2D eigenvalue weighted by Gasteiger charge is -2.39. The molecule has 1 aromatic carbocycles. The molecule has 0 bridgehead atoms. The molecule has 1 aliphatic rings. The third-order valence-corrected chi connectivity index (χ3v) is 3.32. The van der Waals surface area contributed by atoms with Crippen molar-refractivity contribution in [3.05, 3.63) is 29.6 Å². The lowest BCUT2D eigenvalue weighted by molar-refractivity contribution is -0.137. The molecule has 20 heavy (non-hydrogen) atoms. The van der Waals surface area contributed by atoms with Crippen LogP contribution < -0.4 is 4.74 Å². The number of ether oxygens (including phenoxy) is 1. The molecule has 1 unspecified atom stereocenters. The number of nitrogens with zero attached hydrogens (tertiary/aromatic N) is 1. The normalized spacial score (nSPS) is 17.6. The first-order chi connectivity index (χ1) is 9.31. The van der Waals surface area contributed by atoms with Crippen molar-refractivity contribution >= 4 is 6.41 Å². The Morgan fingerprint density at radius 1 is 1.40 bits per heavy atom. The summed E-state index contributed by atoms with van der Waals surface area (Å²) in [5.41, 5.74) is -1.05. The third-order valence-electron chi connectivity index (χ3n) is 3.32. The van der Waals surface area contributed by atoms with Crippen molar-refractivity contribution in [1.29, 1.82) is 0 Å². The summed E-state index contributed by atoms with van der Waals surface area (Å²) in [5.74, 6) is -1.20. The topological polar surface area (TPSA) is 29.5 Å². The van der Waals surface area contributed by atoms with E-state index in [1.54, 1.807) is 6.92 Å². The molecule has 2 rings (SSSR count). The monoisotopic (exact) mass is 291 g/mol. The summed E-state index contributed by atoms with van der Waals surface area (Å²) in [7, 11) is 0. The Morgan fingerprint density at radius 2 is 2.05 bits per heavy atom. The maximum Gasteiger partial charge on any atom is 0.416 e. The number of amides is 1. The minimum Gasteiger partial charge on any atom is -0.487 e. The highest BCUT2D eigenvalue weighted by Gasteiger charge is 2.33. The summed E-state index contributed by atoms with van der Waals surface area (Å²) in [6.45, 7) is 2.71. The van der Waals surface area contributed by atoms with Crippen molar-refractivity contribution in [2.45, 2.75) is 19.2 Å². The molecule has 1 aromatic rings. The summed E-state index contributed by atoms with van der Waals surface area (Å²) in [6.07, 6.45) is -4.25. The zero-order valence-electron chi connectivity index (χ0n) is 10.7. The van der Waals surface area contributed by atoms with Crippen molar-refractivity contribution in [3.63, 3.8) is 0 Å². The standard InChI is InChI=1S/C13H13F4NO2/c1-8(9-5-18(6-9)7-19)20-12-3-2-10(4-11(12)14)13(15,16)17/h2-4,7-9H,5-6H2,1H3. The Morgan fingerprint density at radius 3 is 2.55 bits per heavy atom. The number of benzene rings is 1. The van der Waals surface area contributed by atoms with E-state index in [0.29, 0.717) is 25.6 Å². The Hall–Kier alpha value is -1.79. The van der Waals surface area contributed by atoms with E-state index in [0.717, 1.165) is 12.1 Å². The maximum absolute atomic E-state index is 13.6. The molecular weight excluding hydrogens is 278 g/mol. The van der Waals surface area contributed by atoms with Gasteiger partial charge in [0.05, 0.1) is 5.56 Å². The van der Waals surface area contributed by atoms with Gasteiger partial charge in [0.2, 0.25) is 6.41 Å². The van der Waals surface area contributed by atoms with Crippen molar-refractivity contribution in [2.24, 2.45) is 5.92 Å². The first-order valence-corrected chi connectivity index (χ1v) is 6.04. The van der Waals surface area contributed by atoms with Crippen LogP contribution in [0.4, 0.5) is 17.6 Å². The van der Waals surface area contributed by atoms with Gasteiger partial charge in [0.1, 0.15) is 6.10 Å². The molecule has 1 fully saturated rings. The number of likely N-dealkylation sites (tertiary alicyclic amines) is 1. The summed E-state index contributed by atoms with van der Waals surface area (Å²) >= 11 is 0. The van der Waals surface area contributed by atoms with Gasteiger partial charge in [-0.3, -0.25) is 4.79 Å². The van der Waals surface area contributed by atoms with E-state index < -0.39 is 17.6 Å². The predicted octanol–water partition coefficient (Wildman–Crippen LogP) is 2.70. The highest BCUT2D eigenvalue weighted by Crippen LogP contribution is 2.32. The molecule has 110 valence electrons. The predicted molar refractivity (Wildman–Crippen MR) is 62.6 cm³/mol. The third kappa shape index (κ3) is 3.02. The molecule has 0 aromatic heterocycles. The van der Waals surface area contributed by atoms with Crippen LogP contribution in [0.15, 0.2) is 18.2 Å². The molecular formula is C13H13F4NO2. The number of hydrogen-bond donors (Lipinski definition) is 0. The van der Waals surface area contributed by atoms with E-state index in [1.165, 1.54) is 4.90 Å². The van der Waals surface area contributed by atoms with Gasteiger partial charge in [0.25, 0.3) is 0 Å². The molecule has 0 N–H and O–H groups in total. The maximum atomic E-state index is 13.6. The number of carbonyl (C=O) groups excluding carboxylic acids is 1. The molecule has 0 spiro atoms. The second kappa shape index (κ2) is 5.30. The number of alkyl halides is 3. The highest BCUT2D eigenvalue weighted by atomic mass is 19.4. The lowest BCUT2D eigenvalue weighted by atomic mass is 9.95. The van der Waals surface area contributed by atoms with Crippen molar-refractivity contribution in [3.8, 4) is 5.75 Å². The van der Waals surface area contributed by atoms with Crippen LogP contribution in [0.1, 0.15) is 12.5 Å². The van der Waals surface area contributed by atoms with Crippen LogP contribution in [0.25, 0.3) is 0 Å². The van der Waals surface area contributed by atoms with Gasteiger partial charge in [-0.2, -0.15) is 13.2 Å². The Kier molecular flexibility index (Phi) is 3.87. The highest BCUT2D eigenvalue weighted by molar-refractivity contribution is 5.48. The van der Waals surface area contributed by atoms with Gasteiger partial charge < -0.3 is 9.64 Å². The SMILES string of the molecule is CC(Oc1ccc(C(F)(F)F)cc1F)C1CN(C=O)C1. The summed E-state index contributed by atoms with van der Waals surface area (Å²) in [5, 5.41) is 0. The van der Waals surface area contributed by atoms with Crippen LogP contribution in [0.3, 0.4) is 0 Å². The Balaban J connectivity index is 2.01. The molecule has 1 atom stereocenters. The molecule has 0 saturated carbocycles. The summed E-state index contributed by atoms with van der Waals surface area (Å²) in [6, 6.07) is 2.18.